The minimum atomic E-state index is -6.04. The molecule has 9 heteroatoms. The summed E-state index contributed by atoms with van der Waals surface area (Å²) in [7, 11) is 0. The van der Waals surface area contributed by atoms with Crippen molar-refractivity contribution in [2.45, 2.75) is 17.5 Å². The van der Waals surface area contributed by atoms with Crippen LogP contribution in [0.4, 0.5) is 35.1 Å². The fraction of sp³-hybridized carbons (Fsp3) is 0.333. The molecule has 1 atom stereocenters. The standard InChI is InChI=1S/C9H3ClF8/c10-7(8(14,15)9(16,17)18)3-1-5(12)6(13)2-4(3)11/h1-2,7H. The topological polar surface area (TPSA) is 0 Å². The van der Waals surface area contributed by atoms with E-state index in [2.05, 4.69) is 0 Å². The first kappa shape index (κ1) is 15.0. The van der Waals surface area contributed by atoms with Crippen molar-refractivity contribution in [3.8, 4) is 0 Å². The number of benzene rings is 1. The van der Waals surface area contributed by atoms with Gasteiger partial charge in [-0.2, -0.15) is 22.0 Å². The van der Waals surface area contributed by atoms with Gasteiger partial charge in [-0.1, -0.05) is 0 Å². The molecule has 0 saturated carbocycles. The van der Waals surface area contributed by atoms with Crippen LogP contribution in [0.5, 0.6) is 0 Å². The summed E-state index contributed by atoms with van der Waals surface area (Å²) >= 11 is 4.81. The predicted octanol–water partition coefficient (Wildman–Crippen LogP) is 4.58. The lowest BCUT2D eigenvalue weighted by Crippen LogP contribution is -2.40. The molecule has 0 aliphatic carbocycles. The molecule has 0 amide bonds. The summed E-state index contributed by atoms with van der Waals surface area (Å²) in [5.74, 6) is -10.8. The Hall–Kier alpha value is -1.05. The van der Waals surface area contributed by atoms with Gasteiger partial charge >= 0.3 is 12.1 Å². The van der Waals surface area contributed by atoms with Gasteiger partial charge < -0.3 is 0 Å². The van der Waals surface area contributed by atoms with Crippen LogP contribution in [0.25, 0.3) is 0 Å². The highest BCUT2D eigenvalue weighted by Crippen LogP contribution is 2.48. The smallest absolute Gasteiger partial charge is 0.207 e. The summed E-state index contributed by atoms with van der Waals surface area (Å²) in [6.07, 6.45) is -6.04. The lowest BCUT2D eigenvalue weighted by atomic mass is 10.1. The summed E-state index contributed by atoms with van der Waals surface area (Å²) in [6, 6.07) is -0.297. The molecule has 1 aromatic rings. The van der Waals surface area contributed by atoms with Gasteiger partial charge in [0.2, 0.25) is 0 Å². The average molecular weight is 299 g/mol. The van der Waals surface area contributed by atoms with Crippen LogP contribution in [-0.4, -0.2) is 12.1 Å². The third-order valence-corrected chi connectivity index (χ3v) is 2.52. The van der Waals surface area contributed by atoms with Crippen LogP contribution in [0.3, 0.4) is 0 Å². The summed E-state index contributed by atoms with van der Waals surface area (Å²) < 4.78 is 99.6. The van der Waals surface area contributed by atoms with Crippen molar-refractivity contribution in [2.24, 2.45) is 0 Å². The van der Waals surface area contributed by atoms with Gasteiger partial charge in [-0.3, -0.25) is 0 Å². The Morgan fingerprint density at radius 2 is 1.28 bits per heavy atom. The molecule has 1 unspecified atom stereocenters. The molecule has 0 saturated heterocycles. The molecular weight excluding hydrogens is 296 g/mol. The van der Waals surface area contributed by atoms with Gasteiger partial charge in [-0.25, -0.2) is 13.2 Å². The molecule has 0 aliphatic rings. The third-order valence-electron chi connectivity index (χ3n) is 2.01. The number of alkyl halides is 6. The van der Waals surface area contributed by atoms with E-state index in [0.29, 0.717) is 0 Å². The minimum Gasteiger partial charge on any atom is -0.207 e. The maximum atomic E-state index is 13.0. The Labute approximate surface area is 100 Å². The third kappa shape index (κ3) is 2.52. The molecule has 0 aromatic heterocycles. The molecule has 0 aliphatic heterocycles. The van der Waals surface area contributed by atoms with Crippen molar-refractivity contribution in [3.63, 3.8) is 0 Å². The first-order valence-electron chi connectivity index (χ1n) is 4.21. The fourth-order valence-corrected chi connectivity index (χ4v) is 1.36. The second-order valence-electron chi connectivity index (χ2n) is 3.27. The molecule has 1 rings (SSSR count). The molecule has 0 radical (unpaired) electrons. The first-order chi connectivity index (χ1) is 7.98. The molecule has 0 nitrogen and oxygen atoms in total. The zero-order valence-corrected chi connectivity index (χ0v) is 8.89. The van der Waals surface area contributed by atoms with Crippen LogP contribution in [0.1, 0.15) is 10.9 Å². The van der Waals surface area contributed by atoms with E-state index >= 15 is 0 Å². The van der Waals surface area contributed by atoms with Crippen LogP contribution in [0.15, 0.2) is 12.1 Å². The Kier molecular flexibility index (Phi) is 3.81. The number of halogens is 9. The first-order valence-corrected chi connectivity index (χ1v) is 4.65. The zero-order valence-electron chi connectivity index (χ0n) is 8.13. The molecule has 0 spiro atoms. The Balaban J connectivity index is 3.27. The predicted molar refractivity (Wildman–Crippen MR) is 45.9 cm³/mol. The second kappa shape index (κ2) is 4.56. The van der Waals surface area contributed by atoms with Gasteiger partial charge in [0.05, 0.1) is 0 Å². The molecule has 0 bridgehead atoms. The normalized spacial score (nSPS) is 14.7. The van der Waals surface area contributed by atoms with E-state index in [1.807, 2.05) is 0 Å². The molecule has 1 aromatic carbocycles. The number of hydrogen-bond acceptors (Lipinski definition) is 0. The highest BCUT2D eigenvalue weighted by Gasteiger charge is 2.62. The van der Waals surface area contributed by atoms with Gasteiger partial charge in [-0.15, -0.1) is 11.6 Å². The quantitative estimate of drug-likeness (QED) is 0.426. The molecule has 18 heavy (non-hydrogen) atoms. The maximum absolute atomic E-state index is 13.0. The van der Waals surface area contributed by atoms with Crippen LogP contribution in [0.2, 0.25) is 0 Å². The fourth-order valence-electron chi connectivity index (χ4n) is 1.07. The minimum absolute atomic E-state index is 0.137. The Morgan fingerprint density at radius 3 is 1.72 bits per heavy atom. The van der Waals surface area contributed by atoms with E-state index in [0.717, 1.165) is 0 Å². The maximum Gasteiger partial charge on any atom is 0.455 e. The average Bonchev–Trinajstić information content (AvgIpc) is 2.20. The van der Waals surface area contributed by atoms with Gasteiger partial charge in [0.25, 0.3) is 0 Å². The van der Waals surface area contributed by atoms with Gasteiger partial charge in [0.1, 0.15) is 11.2 Å². The summed E-state index contributed by atoms with van der Waals surface area (Å²) in [5, 5.41) is -3.20. The van der Waals surface area contributed by atoms with E-state index in [1.165, 1.54) is 0 Å². The highest BCUT2D eigenvalue weighted by molar-refractivity contribution is 6.21. The summed E-state index contributed by atoms with van der Waals surface area (Å²) in [6.45, 7) is 0. The van der Waals surface area contributed by atoms with Crippen LogP contribution in [0, 0.1) is 17.5 Å². The van der Waals surface area contributed by atoms with E-state index < -0.39 is 40.5 Å². The van der Waals surface area contributed by atoms with Crippen molar-refractivity contribution in [3.05, 3.63) is 35.1 Å². The van der Waals surface area contributed by atoms with E-state index in [4.69, 9.17) is 11.6 Å². The van der Waals surface area contributed by atoms with Crippen LogP contribution in [-0.2, 0) is 0 Å². The van der Waals surface area contributed by atoms with Gasteiger partial charge in [0.15, 0.2) is 11.6 Å². The number of hydrogen-bond donors (Lipinski definition) is 0. The summed E-state index contributed by atoms with van der Waals surface area (Å²) in [5.41, 5.74) is -1.47. The van der Waals surface area contributed by atoms with E-state index in [-0.39, 0.29) is 12.1 Å². The van der Waals surface area contributed by atoms with Crippen LogP contribution >= 0.6 is 11.6 Å². The Morgan fingerprint density at radius 1 is 0.833 bits per heavy atom. The van der Waals surface area contributed by atoms with E-state index in [9.17, 15) is 35.1 Å². The SMILES string of the molecule is Fc1cc(F)c(C(Cl)C(F)(F)C(F)(F)F)cc1F. The monoisotopic (exact) mass is 298 g/mol. The van der Waals surface area contributed by atoms with Gasteiger partial charge in [-0.05, 0) is 6.07 Å². The van der Waals surface area contributed by atoms with Crippen molar-refractivity contribution in [1.82, 2.24) is 0 Å². The van der Waals surface area contributed by atoms with Crippen LogP contribution < -0.4 is 0 Å². The summed E-state index contributed by atoms with van der Waals surface area (Å²) in [4.78, 5) is 0. The highest BCUT2D eigenvalue weighted by atomic mass is 35.5. The number of rotatable bonds is 2. The lowest BCUT2D eigenvalue weighted by molar-refractivity contribution is -0.283. The molecule has 102 valence electrons. The zero-order chi connectivity index (χ0) is 14.3. The lowest BCUT2D eigenvalue weighted by Gasteiger charge is -2.24. The molecular formula is C9H3ClF8. The van der Waals surface area contributed by atoms with Crippen molar-refractivity contribution in [1.29, 1.82) is 0 Å². The largest absolute Gasteiger partial charge is 0.455 e. The molecule has 0 N–H and O–H groups in total. The molecule has 0 fully saturated rings. The van der Waals surface area contributed by atoms with Crippen molar-refractivity contribution >= 4 is 11.6 Å². The van der Waals surface area contributed by atoms with Gasteiger partial charge in [0, 0.05) is 11.6 Å². The van der Waals surface area contributed by atoms with Crippen molar-refractivity contribution in [2.75, 3.05) is 0 Å². The Bertz CT molecular complexity index is 453. The van der Waals surface area contributed by atoms with E-state index in [1.54, 1.807) is 0 Å². The van der Waals surface area contributed by atoms with Crippen molar-refractivity contribution < 1.29 is 35.1 Å². The second-order valence-corrected chi connectivity index (χ2v) is 3.71. The molecule has 0 heterocycles.